The lowest BCUT2D eigenvalue weighted by molar-refractivity contribution is -0.136. The summed E-state index contributed by atoms with van der Waals surface area (Å²) < 4.78 is 0. The molecular formula is C10H9N3O3. The molecule has 2 aromatic heterocycles. The van der Waals surface area contributed by atoms with Crippen LogP contribution >= 0.6 is 0 Å². The minimum absolute atomic E-state index is 0.221. The highest BCUT2D eigenvalue weighted by Gasteiger charge is 2.14. The van der Waals surface area contributed by atoms with E-state index in [1.165, 1.54) is 0 Å². The van der Waals surface area contributed by atoms with Crippen molar-refractivity contribution < 1.29 is 9.90 Å². The molecule has 0 aliphatic heterocycles. The second-order valence-electron chi connectivity index (χ2n) is 3.24. The lowest BCUT2D eigenvalue weighted by Gasteiger charge is -1.99. The van der Waals surface area contributed by atoms with Crippen molar-refractivity contribution in [1.29, 1.82) is 0 Å². The fraction of sp³-hybridized carbons (Fsp3) is 0.100. The Kier molecular flexibility index (Phi) is 2.55. The monoisotopic (exact) mass is 219 g/mol. The van der Waals surface area contributed by atoms with E-state index in [0.717, 1.165) is 5.56 Å². The first kappa shape index (κ1) is 10.2. The minimum Gasteiger partial charge on any atom is -0.481 e. The number of hydrogen-bond acceptors (Lipinski definition) is 3. The van der Waals surface area contributed by atoms with Gasteiger partial charge in [-0.15, -0.1) is 0 Å². The van der Waals surface area contributed by atoms with E-state index >= 15 is 0 Å². The summed E-state index contributed by atoms with van der Waals surface area (Å²) in [4.78, 5) is 25.9. The van der Waals surface area contributed by atoms with Crippen LogP contribution in [0.1, 0.15) is 5.56 Å². The van der Waals surface area contributed by atoms with Gasteiger partial charge in [-0.25, -0.2) is 0 Å². The molecule has 2 heterocycles. The lowest BCUT2D eigenvalue weighted by atomic mass is 10.1. The summed E-state index contributed by atoms with van der Waals surface area (Å²) in [5.74, 6) is -1.04. The quantitative estimate of drug-likeness (QED) is 0.695. The Labute approximate surface area is 90.0 Å². The van der Waals surface area contributed by atoms with E-state index in [0.29, 0.717) is 5.69 Å². The molecular weight excluding hydrogens is 210 g/mol. The average molecular weight is 219 g/mol. The highest BCUT2D eigenvalue weighted by Crippen LogP contribution is 2.17. The molecule has 0 amide bonds. The van der Waals surface area contributed by atoms with E-state index in [-0.39, 0.29) is 12.0 Å². The molecule has 2 aromatic rings. The maximum atomic E-state index is 11.4. The smallest absolute Gasteiger partial charge is 0.308 e. The van der Waals surface area contributed by atoms with Crippen molar-refractivity contribution >= 4 is 5.97 Å². The van der Waals surface area contributed by atoms with Gasteiger partial charge >= 0.3 is 5.97 Å². The Balaban J connectivity index is 2.50. The molecule has 0 atom stereocenters. The third kappa shape index (κ3) is 1.85. The molecule has 6 heteroatoms. The number of H-pyrrole nitrogens is 2. The number of rotatable bonds is 3. The van der Waals surface area contributed by atoms with Crippen molar-refractivity contribution in [3.8, 4) is 11.3 Å². The number of nitrogens with zero attached hydrogens (tertiary/aromatic N) is 1. The predicted octanol–water partition coefficient (Wildman–Crippen LogP) is 0.392. The molecule has 0 aliphatic carbocycles. The largest absolute Gasteiger partial charge is 0.481 e. The molecule has 16 heavy (non-hydrogen) atoms. The summed E-state index contributed by atoms with van der Waals surface area (Å²) in [5, 5.41) is 13.7. The number of aliphatic carboxylic acids is 1. The standard InChI is InChI=1S/C10H9N3O3/c14-8(15)5-7-9(12-13-10(7)16)6-1-3-11-4-2-6/h1-4H,5H2,(H,14,15)(H2,12,13,16). The van der Waals surface area contributed by atoms with Gasteiger partial charge in [-0.05, 0) is 12.1 Å². The Morgan fingerprint density at radius 2 is 2.00 bits per heavy atom. The highest BCUT2D eigenvalue weighted by atomic mass is 16.4. The van der Waals surface area contributed by atoms with E-state index in [1.807, 2.05) is 0 Å². The molecule has 0 spiro atoms. The first-order chi connectivity index (χ1) is 7.68. The minimum atomic E-state index is -1.04. The van der Waals surface area contributed by atoms with E-state index < -0.39 is 11.5 Å². The summed E-state index contributed by atoms with van der Waals surface area (Å²) in [6, 6.07) is 3.40. The Morgan fingerprint density at radius 3 is 2.62 bits per heavy atom. The van der Waals surface area contributed by atoms with Crippen LogP contribution in [0.4, 0.5) is 0 Å². The van der Waals surface area contributed by atoms with E-state index in [2.05, 4.69) is 15.2 Å². The fourth-order valence-corrected chi connectivity index (χ4v) is 1.47. The zero-order valence-corrected chi connectivity index (χ0v) is 8.23. The summed E-state index contributed by atoms with van der Waals surface area (Å²) in [5.41, 5.74) is 1.03. The van der Waals surface area contributed by atoms with Crippen molar-refractivity contribution in [2.45, 2.75) is 6.42 Å². The van der Waals surface area contributed by atoms with Gasteiger partial charge in [0, 0.05) is 18.0 Å². The maximum Gasteiger partial charge on any atom is 0.308 e. The van der Waals surface area contributed by atoms with Crippen molar-refractivity contribution in [3.05, 3.63) is 40.4 Å². The van der Waals surface area contributed by atoms with Crippen LogP contribution in [0.2, 0.25) is 0 Å². The first-order valence-electron chi connectivity index (χ1n) is 4.60. The third-order valence-electron chi connectivity index (χ3n) is 2.17. The molecule has 82 valence electrons. The van der Waals surface area contributed by atoms with Gasteiger partial charge in [0.2, 0.25) is 0 Å². The molecule has 0 aliphatic rings. The Hall–Kier alpha value is -2.37. The molecule has 0 aromatic carbocycles. The topological polar surface area (TPSA) is 98.8 Å². The van der Waals surface area contributed by atoms with Crippen LogP contribution in [0.15, 0.2) is 29.3 Å². The van der Waals surface area contributed by atoms with E-state index in [1.54, 1.807) is 24.5 Å². The molecule has 0 saturated carbocycles. The number of pyridine rings is 1. The van der Waals surface area contributed by atoms with Gasteiger partial charge < -0.3 is 5.11 Å². The number of carboxylic acids is 1. The van der Waals surface area contributed by atoms with Gasteiger partial charge in [-0.2, -0.15) is 0 Å². The normalized spacial score (nSPS) is 10.2. The van der Waals surface area contributed by atoms with Crippen LogP contribution in [0.5, 0.6) is 0 Å². The molecule has 0 bridgehead atoms. The summed E-state index contributed by atoms with van der Waals surface area (Å²) in [6.07, 6.45) is 2.84. The third-order valence-corrected chi connectivity index (χ3v) is 2.17. The van der Waals surface area contributed by atoms with Gasteiger partial charge in [0.1, 0.15) is 0 Å². The molecule has 6 nitrogen and oxygen atoms in total. The number of aromatic nitrogens is 3. The number of aromatic amines is 2. The van der Waals surface area contributed by atoms with Crippen LogP contribution in [0.3, 0.4) is 0 Å². The van der Waals surface area contributed by atoms with Gasteiger partial charge in [-0.1, -0.05) is 0 Å². The molecule has 0 fully saturated rings. The Bertz CT molecular complexity index is 556. The second-order valence-corrected chi connectivity index (χ2v) is 3.24. The first-order valence-corrected chi connectivity index (χ1v) is 4.60. The number of hydrogen-bond donors (Lipinski definition) is 3. The van der Waals surface area contributed by atoms with Crippen LogP contribution in [0, 0.1) is 0 Å². The van der Waals surface area contributed by atoms with E-state index in [4.69, 9.17) is 5.11 Å². The maximum absolute atomic E-state index is 11.4. The summed E-state index contributed by atoms with van der Waals surface area (Å²) in [7, 11) is 0. The van der Waals surface area contributed by atoms with Gasteiger partial charge in [-0.3, -0.25) is 24.8 Å². The predicted molar refractivity (Wildman–Crippen MR) is 56.0 cm³/mol. The van der Waals surface area contributed by atoms with Gasteiger partial charge in [0.25, 0.3) is 5.56 Å². The van der Waals surface area contributed by atoms with Crippen molar-refractivity contribution in [2.24, 2.45) is 0 Å². The molecule has 0 radical (unpaired) electrons. The van der Waals surface area contributed by atoms with Crippen LogP contribution in [-0.2, 0) is 11.2 Å². The zero-order chi connectivity index (χ0) is 11.5. The zero-order valence-electron chi connectivity index (χ0n) is 8.23. The summed E-state index contributed by atoms with van der Waals surface area (Å²) in [6.45, 7) is 0. The number of nitrogens with one attached hydrogen (secondary N) is 2. The molecule has 0 saturated heterocycles. The molecule has 0 unspecified atom stereocenters. The second kappa shape index (κ2) is 4.01. The van der Waals surface area contributed by atoms with E-state index in [9.17, 15) is 9.59 Å². The lowest BCUT2D eigenvalue weighted by Crippen LogP contribution is -2.11. The molecule has 2 rings (SSSR count). The van der Waals surface area contributed by atoms with Crippen molar-refractivity contribution in [2.75, 3.05) is 0 Å². The van der Waals surface area contributed by atoms with Gasteiger partial charge in [0.05, 0.1) is 17.7 Å². The van der Waals surface area contributed by atoms with Gasteiger partial charge in [0.15, 0.2) is 0 Å². The SMILES string of the molecule is O=C(O)Cc1c(-c2ccncc2)[nH][nH]c1=O. The van der Waals surface area contributed by atoms with Crippen LogP contribution in [0.25, 0.3) is 11.3 Å². The highest BCUT2D eigenvalue weighted by molar-refractivity contribution is 5.74. The Morgan fingerprint density at radius 1 is 1.31 bits per heavy atom. The van der Waals surface area contributed by atoms with Crippen LogP contribution in [-0.4, -0.2) is 26.3 Å². The van der Waals surface area contributed by atoms with Crippen molar-refractivity contribution in [3.63, 3.8) is 0 Å². The summed E-state index contributed by atoms with van der Waals surface area (Å²) >= 11 is 0. The molecule has 3 N–H and O–H groups in total. The average Bonchev–Trinajstić information content (AvgIpc) is 2.61. The van der Waals surface area contributed by atoms with Crippen molar-refractivity contribution in [1.82, 2.24) is 15.2 Å². The number of carboxylic acid groups (broad SMARTS) is 1. The number of carbonyl (C=O) groups is 1. The fourth-order valence-electron chi connectivity index (χ4n) is 1.47. The van der Waals surface area contributed by atoms with Crippen LogP contribution < -0.4 is 5.56 Å².